The van der Waals surface area contributed by atoms with Crippen LogP contribution in [0.1, 0.15) is 36.6 Å². The van der Waals surface area contributed by atoms with Gasteiger partial charge in [0.15, 0.2) is 0 Å². The molecule has 192 valence electrons. The zero-order valence-electron chi connectivity index (χ0n) is 20.8. The van der Waals surface area contributed by atoms with Gasteiger partial charge >= 0.3 is 12.1 Å². The standard InChI is InChI=1S/C28H26F3N3O3/c1-16-7-5-6-8-22(16)23-14-13-21(15-24(23)28(29,30)31)26-33-25(34-37-26)20-11-9-19(10-12-20)17(2)32-18(3)27(35)36-4/h5-15,17-18,32H,1-4H3/t17-,18+/m0/s1. The molecule has 0 saturated carbocycles. The number of aromatic nitrogens is 2. The zero-order valence-corrected chi connectivity index (χ0v) is 20.8. The minimum absolute atomic E-state index is 0.0113. The summed E-state index contributed by atoms with van der Waals surface area (Å²) < 4.78 is 52.0. The lowest BCUT2D eigenvalue weighted by atomic mass is 9.94. The predicted molar refractivity (Wildman–Crippen MR) is 133 cm³/mol. The second-order valence-corrected chi connectivity index (χ2v) is 8.75. The van der Waals surface area contributed by atoms with Gasteiger partial charge in [0.05, 0.1) is 12.7 Å². The predicted octanol–water partition coefficient (Wildman–Crippen LogP) is 6.61. The van der Waals surface area contributed by atoms with E-state index in [-0.39, 0.29) is 34.9 Å². The van der Waals surface area contributed by atoms with Gasteiger partial charge in [0.2, 0.25) is 5.82 Å². The molecule has 2 atom stereocenters. The van der Waals surface area contributed by atoms with E-state index in [2.05, 4.69) is 15.5 Å². The van der Waals surface area contributed by atoms with Crippen LogP contribution < -0.4 is 5.32 Å². The number of nitrogens with zero attached hydrogens (tertiary/aromatic N) is 2. The maximum Gasteiger partial charge on any atom is 0.417 e. The first-order valence-corrected chi connectivity index (χ1v) is 11.6. The van der Waals surface area contributed by atoms with Crippen molar-refractivity contribution in [3.8, 4) is 34.0 Å². The molecule has 0 saturated heterocycles. The van der Waals surface area contributed by atoms with Crippen molar-refractivity contribution < 1.29 is 27.2 Å². The average molecular weight is 510 g/mol. The Hall–Kier alpha value is -3.98. The number of alkyl halides is 3. The van der Waals surface area contributed by atoms with Crippen molar-refractivity contribution in [2.45, 2.75) is 39.0 Å². The van der Waals surface area contributed by atoms with Crippen LogP contribution in [0.5, 0.6) is 0 Å². The molecule has 4 rings (SSSR count). The lowest BCUT2D eigenvalue weighted by molar-refractivity contribution is -0.142. The van der Waals surface area contributed by atoms with Crippen molar-refractivity contribution >= 4 is 5.97 Å². The summed E-state index contributed by atoms with van der Waals surface area (Å²) in [5.41, 5.74) is 2.31. The molecule has 0 aliphatic rings. The number of benzene rings is 3. The van der Waals surface area contributed by atoms with Crippen LogP contribution in [-0.2, 0) is 15.7 Å². The number of methoxy groups -OCH3 is 1. The first-order chi connectivity index (χ1) is 17.6. The third kappa shape index (κ3) is 5.72. The molecule has 1 aromatic heterocycles. The van der Waals surface area contributed by atoms with Crippen LogP contribution in [0.4, 0.5) is 13.2 Å². The van der Waals surface area contributed by atoms with E-state index < -0.39 is 17.8 Å². The molecule has 0 radical (unpaired) electrons. The van der Waals surface area contributed by atoms with E-state index in [4.69, 9.17) is 9.26 Å². The van der Waals surface area contributed by atoms with Crippen LogP contribution in [0.15, 0.2) is 71.3 Å². The highest BCUT2D eigenvalue weighted by Crippen LogP contribution is 2.40. The molecule has 0 bridgehead atoms. The Morgan fingerprint density at radius 3 is 2.30 bits per heavy atom. The second-order valence-electron chi connectivity index (χ2n) is 8.75. The van der Waals surface area contributed by atoms with Crippen molar-refractivity contribution in [1.82, 2.24) is 15.5 Å². The van der Waals surface area contributed by atoms with Crippen molar-refractivity contribution in [3.63, 3.8) is 0 Å². The Morgan fingerprint density at radius 2 is 1.65 bits per heavy atom. The van der Waals surface area contributed by atoms with Gasteiger partial charge in [-0.15, -0.1) is 0 Å². The molecule has 0 unspecified atom stereocenters. The summed E-state index contributed by atoms with van der Waals surface area (Å²) in [6, 6.07) is 17.6. The normalized spacial score (nSPS) is 13.3. The molecule has 0 aliphatic carbocycles. The maximum absolute atomic E-state index is 14.0. The molecule has 4 aromatic rings. The van der Waals surface area contributed by atoms with Gasteiger partial charge in [0.25, 0.3) is 5.89 Å². The Labute approximate surface area is 212 Å². The monoisotopic (exact) mass is 509 g/mol. The number of hydrogen-bond donors (Lipinski definition) is 1. The van der Waals surface area contributed by atoms with Crippen molar-refractivity contribution in [3.05, 3.63) is 83.4 Å². The molecule has 0 spiro atoms. The number of rotatable bonds is 7. The fraction of sp³-hybridized carbons (Fsp3) is 0.250. The van der Waals surface area contributed by atoms with E-state index in [1.165, 1.54) is 13.2 Å². The van der Waals surface area contributed by atoms with Crippen LogP contribution in [0.3, 0.4) is 0 Å². The van der Waals surface area contributed by atoms with E-state index in [1.807, 2.05) is 19.1 Å². The number of ether oxygens (including phenoxy) is 1. The summed E-state index contributed by atoms with van der Waals surface area (Å²) in [6.07, 6.45) is -4.57. The summed E-state index contributed by atoms with van der Waals surface area (Å²) in [7, 11) is 1.33. The number of carbonyl (C=O) groups is 1. The molecule has 9 heteroatoms. The Bertz CT molecular complexity index is 1400. The smallest absolute Gasteiger partial charge is 0.417 e. The molecule has 1 N–H and O–H groups in total. The second kappa shape index (κ2) is 10.6. The van der Waals surface area contributed by atoms with E-state index in [9.17, 15) is 18.0 Å². The average Bonchev–Trinajstić information content (AvgIpc) is 3.38. The number of esters is 1. The third-order valence-electron chi connectivity index (χ3n) is 6.16. The van der Waals surface area contributed by atoms with Gasteiger partial charge < -0.3 is 9.26 Å². The Kier molecular flexibility index (Phi) is 7.45. The summed E-state index contributed by atoms with van der Waals surface area (Å²) in [5.74, 6) is -0.118. The number of aryl methyl sites for hydroxylation is 1. The summed E-state index contributed by atoms with van der Waals surface area (Å²) in [6.45, 7) is 5.41. The molecular formula is C28H26F3N3O3. The molecule has 0 amide bonds. The molecule has 3 aromatic carbocycles. The van der Waals surface area contributed by atoms with Crippen LogP contribution >= 0.6 is 0 Å². The van der Waals surface area contributed by atoms with E-state index in [0.717, 1.165) is 17.2 Å². The van der Waals surface area contributed by atoms with E-state index in [1.54, 1.807) is 56.3 Å². The fourth-order valence-electron chi connectivity index (χ4n) is 4.12. The quantitative estimate of drug-likeness (QED) is 0.283. The number of halogens is 3. The van der Waals surface area contributed by atoms with Crippen LogP contribution in [0.25, 0.3) is 34.0 Å². The SMILES string of the molecule is COC(=O)[C@@H](C)N[C@@H](C)c1ccc(-c2noc(-c3ccc(-c4ccccc4C)c(C(F)(F)F)c3)n2)cc1. The molecule has 6 nitrogen and oxygen atoms in total. The lowest BCUT2D eigenvalue weighted by Gasteiger charge is -2.18. The highest BCUT2D eigenvalue weighted by atomic mass is 19.4. The van der Waals surface area contributed by atoms with Crippen molar-refractivity contribution in [2.75, 3.05) is 7.11 Å². The summed E-state index contributed by atoms with van der Waals surface area (Å²) >= 11 is 0. The first-order valence-electron chi connectivity index (χ1n) is 11.6. The third-order valence-corrected chi connectivity index (χ3v) is 6.16. The Balaban J connectivity index is 1.59. The van der Waals surface area contributed by atoms with Gasteiger partial charge in [-0.2, -0.15) is 18.2 Å². The van der Waals surface area contributed by atoms with Crippen molar-refractivity contribution in [2.24, 2.45) is 0 Å². The first kappa shape index (κ1) is 26.1. The van der Waals surface area contributed by atoms with Gasteiger partial charge in [-0.1, -0.05) is 59.8 Å². The molecular weight excluding hydrogens is 483 g/mol. The highest BCUT2D eigenvalue weighted by Gasteiger charge is 2.34. The van der Waals surface area contributed by atoms with E-state index >= 15 is 0 Å². The molecule has 1 heterocycles. The number of hydrogen-bond acceptors (Lipinski definition) is 6. The molecule has 0 aliphatic heterocycles. The molecule has 0 fully saturated rings. The number of nitrogens with one attached hydrogen (secondary N) is 1. The van der Waals surface area contributed by atoms with Crippen molar-refractivity contribution in [1.29, 1.82) is 0 Å². The van der Waals surface area contributed by atoms with Gasteiger partial charge in [0.1, 0.15) is 6.04 Å². The van der Waals surface area contributed by atoms with Crippen LogP contribution in [-0.4, -0.2) is 29.3 Å². The number of carbonyl (C=O) groups excluding carboxylic acids is 1. The minimum atomic E-state index is -4.57. The highest BCUT2D eigenvalue weighted by molar-refractivity contribution is 5.75. The van der Waals surface area contributed by atoms with Gasteiger partial charge in [-0.3, -0.25) is 10.1 Å². The van der Waals surface area contributed by atoms with Crippen LogP contribution in [0.2, 0.25) is 0 Å². The fourth-order valence-corrected chi connectivity index (χ4v) is 4.12. The Morgan fingerprint density at radius 1 is 0.973 bits per heavy atom. The lowest BCUT2D eigenvalue weighted by Crippen LogP contribution is -2.36. The topological polar surface area (TPSA) is 77.2 Å². The van der Waals surface area contributed by atoms with Gasteiger partial charge in [-0.25, -0.2) is 0 Å². The van der Waals surface area contributed by atoms with Gasteiger partial charge in [-0.05, 0) is 55.2 Å². The molecule has 37 heavy (non-hydrogen) atoms. The summed E-state index contributed by atoms with van der Waals surface area (Å²) in [5, 5.41) is 7.12. The maximum atomic E-state index is 14.0. The summed E-state index contributed by atoms with van der Waals surface area (Å²) in [4.78, 5) is 16.0. The van der Waals surface area contributed by atoms with E-state index in [0.29, 0.717) is 11.1 Å². The van der Waals surface area contributed by atoms with Crippen LogP contribution in [0, 0.1) is 6.92 Å². The minimum Gasteiger partial charge on any atom is -0.468 e. The largest absolute Gasteiger partial charge is 0.468 e. The zero-order chi connectivity index (χ0) is 26.7. The van der Waals surface area contributed by atoms with Gasteiger partial charge in [0, 0.05) is 17.2 Å².